The van der Waals surface area contributed by atoms with Crippen molar-refractivity contribution in [2.45, 2.75) is 6.92 Å². The van der Waals surface area contributed by atoms with E-state index >= 15 is 0 Å². The normalized spacial score (nSPS) is 10.4. The van der Waals surface area contributed by atoms with Gasteiger partial charge in [0.1, 0.15) is 10.8 Å². The van der Waals surface area contributed by atoms with Crippen molar-refractivity contribution in [1.82, 2.24) is 10.2 Å². The van der Waals surface area contributed by atoms with E-state index < -0.39 is 0 Å². The maximum Gasteiger partial charge on any atom is 0.178 e. The van der Waals surface area contributed by atoms with Crippen LogP contribution >= 0.6 is 33.9 Å². The van der Waals surface area contributed by atoms with E-state index in [1.54, 1.807) is 6.07 Å². The SMILES string of the molecule is Cc1c(O)cccc1-c1nnc(I)s1. The average molecular weight is 318 g/mol. The van der Waals surface area contributed by atoms with Gasteiger partial charge in [0, 0.05) is 11.1 Å². The number of nitrogens with zero attached hydrogens (tertiary/aromatic N) is 2. The first-order chi connectivity index (χ1) is 6.68. The molecular formula is C9H7IN2OS. The molecule has 0 bridgehead atoms. The molecule has 0 aliphatic heterocycles. The van der Waals surface area contributed by atoms with Crippen LogP contribution in [0.15, 0.2) is 18.2 Å². The van der Waals surface area contributed by atoms with Crippen molar-refractivity contribution in [3.8, 4) is 16.3 Å². The van der Waals surface area contributed by atoms with Crippen LogP contribution in [0.5, 0.6) is 5.75 Å². The molecule has 14 heavy (non-hydrogen) atoms. The molecular weight excluding hydrogens is 311 g/mol. The Kier molecular flexibility index (Phi) is 2.69. The van der Waals surface area contributed by atoms with Crippen LogP contribution < -0.4 is 0 Å². The van der Waals surface area contributed by atoms with Gasteiger partial charge in [-0.2, -0.15) is 0 Å². The van der Waals surface area contributed by atoms with Gasteiger partial charge in [0.2, 0.25) is 0 Å². The van der Waals surface area contributed by atoms with E-state index in [4.69, 9.17) is 0 Å². The highest BCUT2D eigenvalue weighted by Crippen LogP contribution is 2.31. The summed E-state index contributed by atoms with van der Waals surface area (Å²) in [4.78, 5) is 0. The van der Waals surface area contributed by atoms with Crippen LogP contribution in [0.4, 0.5) is 0 Å². The second-order valence-electron chi connectivity index (χ2n) is 2.81. The fraction of sp³-hybridized carbons (Fsp3) is 0.111. The molecule has 0 fully saturated rings. The second-order valence-corrected chi connectivity index (χ2v) is 5.54. The third-order valence-electron chi connectivity index (χ3n) is 1.94. The van der Waals surface area contributed by atoms with E-state index in [0.29, 0.717) is 5.75 Å². The van der Waals surface area contributed by atoms with Gasteiger partial charge < -0.3 is 5.11 Å². The zero-order chi connectivity index (χ0) is 10.1. The molecule has 0 saturated carbocycles. The van der Waals surface area contributed by atoms with Crippen LogP contribution in [0.1, 0.15) is 5.56 Å². The standard InChI is InChI=1S/C9H7IN2OS/c1-5-6(3-2-4-7(5)13)8-11-12-9(10)14-8/h2-4,13H,1H3. The fourth-order valence-electron chi connectivity index (χ4n) is 1.17. The Labute approximate surface area is 99.0 Å². The summed E-state index contributed by atoms with van der Waals surface area (Å²) in [7, 11) is 0. The van der Waals surface area contributed by atoms with Gasteiger partial charge in [-0.3, -0.25) is 0 Å². The van der Waals surface area contributed by atoms with Crippen molar-refractivity contribution in [3.63, 3.8) is 0 Å². The summed E-state index contributed by atoms with van der Waals surface area (Å²) in [6.45, 7) is 1.87. The molecule has 3 nitrogen and oxygen atoms in total. The fourth-order valence-corrected chi connectivity index (χ4v) is 2.56. The Hall–Kier alpha value is -0.690. The molecule has 2 rings (SSSR count). The highest BCUT2D eigenvalue weighted by Gasteiger charge is 2.09. The molecule has 0 aliphatic carbocycles. The van der Waals surface area contributed by atoms with Crippen LogP contribution in [0, 0.1) is 9.94 Å². The molecule has 1 aromatic heterocycles. The summed E-state index contributed by atoms with van der Waals surface area (Å²) < 4.78 is 0.903. The van der Waals surface area contributed by atoms with Gasteiger partial charge in [-0.15, -0.1) is 10.2 Å². The first kappa shape index (κ1) is 9.85. The zero-order valence-corrected chi connectivity index (χ0v) is 10.3. The highest BCUT2D eigenvalue weighted by molar-refractivity contribution is 14.1. The van der Waals surface area contributed by atoms with Gasteiger partial charge in [-0.1, -0.05) is 23.5 Å². The summed E-state index contributed by atoms with van der Waals surface area (Å²) in [6.07, 6.45) is 0. The number of benzene rings is 1. The topological polar surface area (TPSA) is 46.0 Å². The lowest BCUT2D eigenvalue weighted by atomic mass is 10.1. The number of hydrogen-bond acceptors (Lipinski definition) is 4. The number of aromatic nitrogens is 2. The molecule has 2 aromatic rings. The monoisotopic (exact) mass is 318 g/mol. The molecule has 5 heteroatoms. The van der Waals surface area contributed by atoms with Crippen LogP contribution in [0.3, 0.4) is 0 Å². The molecule has 1 aromatic carbocycles. The van der Waals surface area contributed by atoms with Gasteiger partial charge in [0.05, 0.1) is 0 Å². The lowest BCUT2D eigenvalue weighted by Gasteiger charge is -2.02. The van der Waals surface area contributed by atoms with Crippen molar-refractivity contribution < 1.29 is 5.11 Å². The van der Waals surface area contributed by atoms with Gasteiger partial charge in [-0.05, 0) is 35.6 Å². The Bertz CT molecular complexity index is 470. The number of aromatic hydroxyl groups is 1. The van der Waals surface area contributed by atoms with E-state index in [-0.39, 0.29) is 0 Å². The Morgan fingerprint density at radius 1 is 1.36 bits per heavy atom. The van der Waals surface area contributed by atoms with E-state index in [1.807, 2.05) is 19.1 Å². The minimum atomic E-state index is 0.299. The third-order valence-corrected chi connectivity index (χ3v) is 3.56. The lowest BCUT2D eigenvalue weighted by Crippen LogP contribution is -1.82. The smallest absolute Gasteiger partial charge is 0.178 e. The number of halogens is 1. The second kappa shape index (κ2) is 3.82. The number of hydrogen-bond donors (Lipinski definition) is 1. The zero-order valence-electron chi connectivity index (χ0n) is 7.36. The predicted molar refractivity (Wildman–Crippen MR) is 64.5 cm³/mol. The summed E-state index contributed by atoms with van der Waals surface area (Å²) >= 11 is 3.65. The van der Waals surface area contributed by atoms with E-state index in [1.165, 1.54) is 11.3 Å². The third kappa shape index (κ3) is 1.74. The molecule has 1 N–H and O–H groups in total. The van der Waals surface area contributed by atoms with Crippen LogP contribution in [-0.2, 0) is 0 Å². The minimum absolute atomic E-state index is 0.299. The molecule has 0 unspecified atom stereocenters. The van der Waals surface area contributed by atoms with E-state index in [2.05, 4.69) is 32.8 Å². The summed E-state index contributed by atoms with van der Waals surface area (Å²) in [5.74, 6) is 0.299. The van der Waals surface area contributed by atoms with Crippen molar-refractivity contribution in [3.05, 3.63) is 26.8 Å². The van der Waals surface area contributed by atoms with Crippen molar-refractivity contribution in [1.29, 1.82) is 0 Å². The maximum absolute atomic E-state index is 9.52. The largest absolute Gasteiger partial charge is 0.508 e. The average Bonchev–Trinajstić information content (AvgIpc) is 2.57. The molecule has 1 heterocycles. The lowest BCUT2D eigenvalue weighted by molar-refractivity contribution is 0.471. The summed E-state index contributed by atoms with van der Waals surface area (Å²) in [5.41, 5.74) is 1.80. The first-order valence-corrected chi connectivity index (χ1v) is 5.86. The van der Waals surface area contributed by atoms with Crippen LogP contribution in [0.25, 0.3) is 10.6 Å². The van der Waals surface area contributed by atoms with Crippen molar-refractivity contribution in [2.24, 2.45) is 0 Å². The number of phenols is 1. The Balaban J connectivity index is 2.57. The first-order valence-electron chi connectivity index (χ1n) is 3.96. The minimum Gasteiger partial charge on any atom is -0.508 e. The highest BCUT2D eigenvalue weighted by atomic mass is 127. The number of rotatable bonds is 1. The molecule has 0 spiro atoms. The van der Waals surface area contributed by atoms with Crippen LogP contribution in [-0.4, -0.2) is 15.3 Å². The van der Waals surface area contributed by atoms with Gasteiger partial charge >= 0.3 is 0 Å². The molecule has 0 saturated heterocycles. The van der Waals surface area contributed by atoms with Crippen LogP contribution in [0.2, 0.25) is 0 Å². The Morgan fingerprint density at radius 2 is 2.14 bits per heavy atom. The molecule has 0 radical (unpaired) electrons. The molecule has 0 aliphatic rings. The van der Waals surface area contributed by atoms with Crippen molar-refractivity contribution in [2.75, 3.05) is 0 Å². The Morgan fingerprint density at radius 3 is 2.79 bits per heavy atom. The molecule has 0 amide bonds. The van der Waals surface area contributed by atoms with Crippen molar-refractivity contribution >= 4 is 33.9 Å². The summed E-state index contributed by atoms with van der Waals surface area (Å²) in [6, 6.07) is 5.42. The van der Waals surface area contributed by atoms with Gasteiger partial charge in [-0.25, -0.2) is 0 Å². The van der Waals surface area contributed by atoms with Gasteiger partial charge in [0.25, 0.3) is 0 Å². The van der Waals surface area contributed by atoms with E-state index in [9.17, 15) is 5.11 Å². The van der Waals surface area contributed by atoms with Gasteiger partial charge in [0.15, 0.2) is 3.01 Å². The maximum atomic E-state index is 9.52. The quantitative estimate of drug-likeness (QED) is 0.823. The van der Waals surface area contributed by atoms with E-state index in [0.717, 1.165) is 19.1 Å². The number of phenolic OH excluding ortho intramolecular Hbond substituents is 1. The molecule has 0 atom stereocenters. The predicted octanol–water partition coefficient (Wildman–Crippen LogP) is 2.82. The molecule has 72 valence electrons. The summed E-state index contributed by atoms with van der Waals surface area (Å²) in [5, 5.41) is 18.3.